The molecule has 0 spiro atoms. The van der Waals surface area contributed by atoms with Gasteiger partial charge in [0.2, 0.25) is 0 Å². The van der Waals surface area contributed by atoms with Crippen LogP contribution in [0.2, 0.25) is 15.1 Å². The van der Waals surface area contributed by atoms with Crippen molar-refractivity contribution in [3.8, 4) is 11.5 Å². The van der Waals surface area contributed by atoms with Crippen LogP contribution in [0.1, 0.15) is 22.3 Å². The fourth-order valence-corrected chi connectivity index (χ4v) is 4.52. The monoisotopic (exact) mass is 558 g/mol. The van der Waals surface area contributed by atoms with Crippen LogP contribution in [0.15, 0.2) is 54.1 Å². The summed E-state index contributed by atoms with van der Waals surface area (Å²) in [6.07, 6.45) is 1.32. The van der Waals surface area contributed by atoms with E-state index in [-0.39, 0.29) is 32.9 Å². The van der Waals surface area contributed by atoms with Gasteiger partial charge >= 0.3 is 6.03 Å². The van der Waals surface area contributed by atoms with Crippen molar-refractivity contribution in [2.24, 2.45) is 0 Å². The van der Waals surface area contributed by atoms with Gasteiger partial charge in [0.1, 0.15) is 12.2 Å². The van der Waals surface area contributed by atoms with Crippen molar-refractivity contribution in [2.75, 3.05) is 12.0 Å². The molecule has 1 fully saturated rings. The molecule has 1 heterocycles. The number of amides is 4. The van der Waals surface area contributed by atoms with E-state index in [4.69, 9.17) is 44.3 Å². The molecule has 0 saturated carbocycles. The number of carbonyl (C=O) groups is 3. The third kappa shape index (κ3) is 5.74. The predicted octanol–water partition coefficient (Wildman–Crippen LogP) is 6.52. The molecule has 37 heavy (non-hydrogen) atoms. The number of aryl methyl sites for hydroxylation is 2. The molecule has 4 rings (SSSR count). The number of nitrogens with one attached hydrogen (secondary N) is 1. The molecule has 3 aromatic carbocycles. The first-order valence-electron chi connectivity index (χ1n) is 11.0. The Bertz CT molecular complexity index is 1450. The normalized spacial score (nSPS) is 14.7. The highest BCUT2D eigenvalue weighted by Gasteiger charge is 2.37. The van der Waals surface area contributed by atoms with E-state index in [1.807, 2.05) is 26.0 Å². The number of carbonyl (C=O) groups excluding carboxylic acids is 3. The Balaban J connectivity index is 1.65. The lowest BCUT2D eigenvalue weighted by Crippen LogP contribution is -2.54. The number of urea groups is 1. The summed E-state index contributed by atoms with van der Waals surface area (Å²) in [5.41, 5.74) is 3.46. The SMILES string of the molecule is COc1cc(/C=C2\C(=O)NC(=O)N(c3ccc(Cl)c(Cl)c3)C2=O)cc(Cl)c1OCc1cc(C)cc(C)c1. The first-order valence-corrected chi connectivity index (χ1v) is 12.1. The zero-order valence-corrected chi connectivity index (χ0v) is 22.3. The Morgan fingerprint density at radius 3 is 2.24 bits per heavy atom. The van der Waals surface area contributed by atoms with Gasteiger partial charge in [-0.2, -0.15) is 0 Å². The van der Waals surface area contributed by atoms with Crippen molar-refractivity contribution in [1.29, 1.82) is 0 Å². The van der Waals surface area contributed by atoms with Crippen LogP contribution in [0, 0.1) is 13.8 Å². The van der Waals surface area contributed by atoms with Crippen LogP contribution in [-0.4, -0.2) is 25.0 Å². The molecule has 1 saturated heterocycles. The maximum absolute atomic E-state index is 13.2. The third-order valence-corrected chi connectivity index (χ3v) is 6.51. The fraction of sp³-hybridized carbons (Fsp3) is 0.148. The number of barbiturate groups is 1. The molecule has 3 aromatic rings. The van der Waals surface area contributed by atoms with E-state index in [1.165, 1.54) is 37.5 Å². The molecular weight excluding hydrogens is 539 g/mol. The largest absolute Gasteiger partial charge is 0.493 e. The Hall–Kier alpha value is -3.52. The number of methoxy groups -OCH3 is 1. The molecule has 0 bridgehead atoms. The van der Waals surface area contributed by atoms with E-state index in [2.05, 4.69) is 11.4 Å². The Morgan fingerprint density at radius 1 is 0.892 bits per heavy atom. The van der Waals surface area contributed by atoms with E-state index in [1.54, 1.807) is 6.07 Å². The molecule has 0 atom stereocenters. The summed E-state index contributed by atoms with van der Waals surface area (Å²) in [5, 5.41) is 2.78. The minimum absolute atomic E-state index is 0.148. The van der Waals surface area contributed by atoms with Crippen LogP contribution in [0.5, 0.6) is 11.5 Å². The van der Waals surface area contributed by atoms with Crippen molar-refractivity contribution in [1.82, 2.24) is 5.32 Å². The van der Waals surface area contributed by atoms with Crippen LogP contribution < -0.4 is 19.7 Å². The van der Waals surface area contributed by atoms with Crippen molar-refractivity contribution in [3.63, 3.8) is 0 Å². The number of rotatable bonds is 6. The van der Waals surface area contributed by atoms with Gasteiger partial charge in [-0.25, -0.2) is 9.69 Å². The quantitative estimate of drug-likeness (QED) is 0.275. The summed E-state index contributed by atoms with van der Waals surface area (Å²) < 4.78 is 11.4. The second-order valence-electron chi connectivity index (χ2n) is 8.38. The topological polar surface area (TPSA) is 84.9 Å². The summed E-state index contributed by atoms with van der Waals surface area (Å²) in [6.45, 7) is 4.28. The number of imide groups is 2. The Kier molecular flexibility index (Phi) is 7.78. The lowest BCUT2D eigenvalue weighted by atomic mass is 10.1. The highest BCUT2D eigenvalue weighted by atomic mass is 35.5. The zero-order valence-electron chi connectivity index (χ0n) is 20.0. The summed E-state index contributed by atoms with van der Waals surface area (Å²) in [6, 6.07) is 12.6. The van der Waals surface area contributed by atoms with Crippen molar-refractivity contribution in [3.05, 3.63) is 91.4 Å². The van der Waals surface area contributed by atoms with E-state index in [0.717, 1.165) is 21.6 Å². The van der Waals surface area contributed by atoms with Crippen molar-refractivity contribution >= 4 is 64.4 Å². The first kappa shape index (κ1) is 26.5. The molecule has 1 aliphatic rings. The van der Waals surface area contributed by atoms with Crippen molar-refractivity contribution < 1.29 is 23.9 Å². The van der Waals surface area contributed by atoms with Gasteiger partial charge in [0.25, 0.3) is 11.8 Å². The van der Waals surface area contributed by atoms with E-state index < -0.39 is 17.8 Å². The summed E-state index contributed by atoms with van der Waals surface area (Å²) in [7, 11) is 1.45. The van der Waals surface area contributed by atoms with E-state index in [0.29, 0.717) is 17.1 Å². The second-order valence-corrected chi connectivity index (χ2v) is 9.60. The van der Waals surface area contributed by atoms with Crippen LogP contribution in [0.3, 0.4) is 0 Å². The van der Waals surface area contributed by atoms with Gasteiger partial charge in [-0.1, -0.05) is 64.1 Å². The van der Waals surface area contributed by atoms with Crippen LogP contribution >= 0.6 is 34.8 Å². The lowest BCUT2D eigenvalue weighted by Gasteiger charge is -2.26. The van der Waals surface area contributed by atoms with Crippen LogP contribution in [0.4, 0.5) is 10.5 Å². The van der Waals surface area contributed by atoms with Crippen LogP contribution in [-0.2, 0) is 16.2 Å². The number of anilines is 1. The second kappa shape index (κ2) is 10.8. The molecule has 1 N–H and O–H groups in total. The molecule has 0 unspecified atom stereocenters. The first-order chi connectivity index (χ1) is 17.6. The molecule has 1 aliphatic heterocycles. The standard InChI is InChI=1S/C27H21Cl3N2O5/c1-14-6-15(2)8-17(7-14)13-37-24-22(30)10-16(11-23(24)36-3)9-19-25(33)31-27(35)32(26(19)34)18-4-5-20(28)21(29)12-18/h4-12H,13H2,1-3H3,(H,31,33,35)/b19-9+. The highest BCUT2D eigenvalue weighted by Crippen LogP contribution is 2.38. The Morgan fingerprint density at radius 2 is 1.59 bits per heavy atom. The summed E-state index contributed by atoms with van der Waals surface area (Å²) in [5.74, 6) is -1.06. The van der Waals surface area contributed by atoms with Gasteiger partial charge in [0.15, 0.2) is 11.5 Å². The summed E-state index contributed by atoms with van der Waals surface area (Å²) in [4.78, 5) is 39.0. The molecule has 190 valence electrons. The number of benzene rings is 3. The molecule has 10 heteroatoms. The van der Waals surface area contributed by atoms with Gasteiger partial charge < -0.3 is 9.47 Å². The van der Waals surface area contributed by atoms with Gasteiger partial charge in [-0.3, -0.25) is 14.9 Å². The molecule has 0 aromatic heterocycles. The minimum atomic E-state index is -0.906. The van der Waals surface area contributed by atoms with E-state index in [9.17, 15) is 14.4 Å². The predicted molar refractivity (Wildman–Crippen MR) is 144 cm³/mol. The zero-order chi connectivity index (χ0) is 26.9. The van der Waals surface area contributed by atoms with Gasteiger partial charge in [0, 0.05) is 0 Å². The van der Waals surface area contributed by atoms with Crippen molar-refractivity contribution in [2.45, 2.75) is 20.5 Å². The maximum atomic E-state index is 13.2. The van der Waals surface area contributed by atoms with Crippen LogP contribution in [0.25, 0.3) is 6.08 Å². The number of halogens is 3. The number of hydrogen-bond donors (Lipinski definition) is 1. The van der Waals surface area contributed by atoms with Gasteiger partial charge in [-0.15, -0.1) is 0 Å². The number of nitrogens with zero attached hydrogens (tertiary/aromatic N) is 1. The molecule has 7 nitrogen and oxygen atoms in total. The maximum Gasteiger partial charge on any atom is 0.335 e. The molecule has 0 aliphatic carbocycles. The fourth-order valence-electron chi connectivity index (χ4n) is 3.95. The Labute approximate surface area is 228 Å². The smallest absolute Gasteiger partial charge is 0.335 e. The average Bonchev–Trinajstić information content (AvgIpc) is 2.82. The third-order valence-electron chi connectivity index (χ3n) is 5.49. The average molecular weight is 560 g/mol. The van der Waals surface area contributed by atoms with Gasteiger partial charge in [-0.05, 0) is 61.4 Å². The molecule has 4 amide bonds. The number of ether oxygens (including phenoxy) is 2. The highest BCUT2D eigenvalue weighted by molar-refractivity contribution is 6.43. The molecule has 0 radical (unpaired) electrons. The van der Waals surface area contributed by atoms with E-state index >= 15 is 0 Å². The summed E-state index contributed by atoms with van der Waals surface area (Å²) >= 11 is 18.5. The van der Waals surface area contributed by atoms with Gasteiger partial charge in [0.05, 0.1) is 27.9 Å². The lowest BCUT2D eigenvalue weighted by molar-refractivity contribution is -0.122. The molecular formula is C27H21Cl3N2O5. The number of hydrogen-bond acceptors (Lipinski definition) is 5. The minimum Gasteiger partial charge on any atom is -0.493 e.